The average Bonchev–Trinajstić information content (AvgIpc) is 3.39. The second-order valence-electron chi connectivity index (χ2n) is 6.90. The molecule has 0 amide bonds. The quantitative estimate of drug-likeness (QED) is 0.769. The van der Waals surface area contributed by atoms with Gasteiger partial charge in [-0.15, -0.1) is 0 Å². The van der Waals surface area contributed by atoms with Crippen LogP contribution in [0.25, 0.3) is 0 Å². The molecule has 2 fully saturated rings. The van der Waals surface area contributed by atoms with Gasteiger partial charge in [0.1, 0.15) is 6.61 Å². The molecule has 25 heavy (non-hydrogen) atoms. The summed E-state index contributed by atoms with van der Waals surface area (Å²) in [5.74, 6) is 4.19. The van der Waals surface area contributed by atoms with E-state index in [9.17, 15) is 0 Å². The van der Waals surface area contributed by atoms with Crippen molar-refractivity contribution in [3.8, 4) is 11.5 Å². The van der Waals surface area contributed by atoms with Crippen LogP contribution in [-0.2, 0) is 0 Å². The predicted molar refractivity (Wildman–Crippen MR) is 93.2 cm³/mol. The van der Waals surface area contributed by atoms with E-state index in [1.807, 2.05) is 24.3 Å². The van der Waals surface area contributed by atoms with Crippen LogP contribution in [0.3, 0.4) is 0 Å². The highest BCUT2D eigenvalue weighted by Gasteiger charge is 2.32. The van der Waals surface area contributed by atoms with Gasteiger partial charge in [0.15, 0.2) is 17.3 Å². The standard InChI is InChI=1S/C19H25N3O3/c1-23-16-6-2-3-7-17(16)24-12-11-22-10-4-5-15(13-22)18-20-19(25-21-18)14-8-9-14/h2-3,6-7,14-15H,4-5,8-13H2,1H3/t15-/m0/s1. The molecule has 0 bridgehead atoms. The van der Waals surface area contributed by atoms with Crippen LogP contribution in [0.2, 0.25) is 0 Å². The molecule has 1 aromatic carbocycles. The van der Waals surface area contributed by atoms with Crippen LogP contribution in [-0.4, -0.2) is 48.4 Å². The molecule has 0 spiro atoms. The molecular weight excluding hydrogens is 318 g/mol. The Morgan fingerprint density at radius 2 is 2.00 bits per heavy atom. The van der Waals surface area contributed by atoms with Crippen molar-refractivity contribution in [3.05, 3.63) is 36.0 Å². The molecule has 2 aromatic rings. The van der Waals surface area contributed by atoms with Gasteiger partial charge in [-0.05, 0) is 44.4 Å². The fourth-order valence-electron chi connectivity index (χ4n) is 3.40. The maximum absolute atomic E-state index is 5.90. The molecule has 0 unspecified atom stereocenters. The molecule has 1 saturated carbocycles. The molecule has 6 nitrogen and oxygen atoms in total. The van der Waals surface area contributed by atoms with Gasteiger partial charge in [0.05, 0.1) is 7.11 Å². The third kappa shape index (κ3) is 3.95. The maximum atomic E-state index is 5.90. The molecule has 2 heterocycles. The summed E-state index contributed by atoms with van der Waals surface area (Å²) in [5, 5.41) is 4.23. The molecule has 134 valence electrons. The summed E-state index contributed by atoms with van der Waals surface area (Å²) in [6, 6.07) is 7.76. The number of methoxy groups -OCH3 is 1. The minimum atomic E-state index is 0.372. The van der Waals surface area contributed by atoms with Crippen molar-refractivity contribution in [2.75, 3.05) is 33.4 Å². The Hall–Kier alpha value is -2.08. The molecule has 0 radical (unpaired) electrons. The topological polar surface area (TPSA) is 60.6 Å². The van der Waals surface area contributed by atoms with Gasteiger partial charge in [0, 0.05) is 24.9 Å². The summed E-state index contributed by atoms with van der Waals surface area (Å²) in [4.78, 5) is 7.06. The van der Waals surface area contributed by atoms with E-state index in [2.05, 4.69) is 15.0 Å². The van der Waals surface area contributed by atoms with E-state index >= 15 is 0 Å². The summed E-state index contributed by atoms with van der Waals surface area (Å²) in [6.07, 6.45) is 4.68. The third-order valence-corrected chi connectivity index (χ3v) is 4.99. The van der Waals surface area contributed by atoms with Crippen molar-refractivity contribution < 1.29 is 14.0 Å². The Balaban J connectivity index is 1.29. The first-order valence-electron chi connectivity index (χ1n) is 9.15. The Morgan fingerprint density at radius 1 is 1.16 bits per heavy atom. The monoisotopic (exact) mass is 343 g/mol. The minimum absolute atomic E-state index is 0.372. The molecule has 4 rings (SSSR count). The van der Waals surface area contributed by atoms with Gasteiger partial charge in [0.2, 0.25) is 5.89 Å². The SMILES string of the molecule is COc1ccccc1OCCN1CCC[C@H](c2noc(C3CC3)n2)C1. The van der Waals surface area contributed by atoms with Crippen LogP contribution < -0.4 is 9.47 Å². The zero-order valence-electron chi connectivity index (χ0n) is 14.7. The molecule has 1 saturated heterocycles. The lowest BCUT2D eigenvalue weighted by Crippen LogP contribution is -2.37. The van der Waals surface area contributed by atoms with Crippen molar-refractivity contribution in [1.29, 1.82) is 0 Å². The van der Waals surface area contributed by atoms with E-state index < -0.39 is 0 Å². The van der Waals surface area contributed by atoms with Gasteiger partial charge in [-0.3, -0.25) is 4.90 Å². The summed E-state index contributed by atoms with van der Waals surface area (Å²) in [7, 11) is 1.66. The van der Waals surface area contributed by atoms with Crippen LogP contribution >= 0.6 is 0 Å². The molecule has 1 atom stereocenters. The van der Waals surface area contributed by atoms with E-state index in [1.54, 1.807) is 7.11 Å². The normalized spacial score (nSPS) is 21.2. The third-order valence-electron chi connectivity index (χ3n) is 4.99. The number of nitrogens with zero attached hydrogens (tertiary/aromatic N) is 3. The number of benzene rings is 1. The lowest BCUT2D eigenvalue weighted by Gasteiger charge is -2.31. The van der Waals surface area contributed by atoms with E-state index in [0.29, 0.717) is 18.4 Å². The average molecular weight is 343 g/mol. The molecule has 0 N–H and O–H groups in total. The Kier molecular flexibility index (Phi) is 4.88. The largest absolute Gasteiger partial charge is 0.493 e. The summed E-state index contributed by atoms with van der Waals surface area (Å²) in [6.45, 7) is 3.60. The highest BCUT2D eigenvalue weighted by Crippen LogP contribution is 2.39. The zero-order valence-corrected chi connectivity index (χ0v) is 14.7. The Morgan fingerprint density at radius 3 is 2.80 bits per heavy atom. The van der Waals surface area contributed by atoms with Gasteiger partial charge in [-0.2, -0.15) is 4.98 Å². The minimum Gasteiger partial charge on any atom is -0.493 e. The first-order valence-corrected chi connectivity index (χ1v) is 9.15. The smallest absolute Gasteiger partial charge is 0.229 e. The fourth-order valence-corrected chi connectivity index (χ4v) is 3.40. The number of hydrogen-bond acceptors (Lipinski definition) is 6. The van der Waals surface area contributed by atoms with Crippen molar-refractivity contribution in [2.45, 2.75) is 37.5 Å². The highest BCUT2D eigenvalue weighted by molar-refractivity contribution is 5.39. The molecule has 1 aliphatic carbocycles. The predicted octanol–water partition coefficient (Wildman–Crippen LogP) is 3.21. The molecule has 6 heteroatoms. The Bertz CT molecular complexity index is 699. The van der Waals surface area contributed by atoms with Gasteiger partial charge >= 0.3 is 0 Å². The van der Waals surface area contributed by atoms with Crippen molar-refractivity contribution in [2.24, 2.45) is 0 Å². The Labute approximate surface area is 148 Å². The van der Waals surface area contributed by atoms with E-state index in [4.69, 9.17) is 14.0 Å². The lowest BCUT2D eigenvalue weighted by molar-refractivity contribution is 0.165. The van der Waals surface area contributed by atoms with Crippen LogP contribution in [0.15, 0.2) is 28.8 Å². The number of piperidine rings is 1. The van der Waals surface area contributed by atoms with Crippen molar-refractivity contribution in [1.82, 2.24) is 15.0 Å². The van der Waals surface area contributed by atoms with Crippen LogP contribution in [0.5, 0.6) is 11.5 Å². The number of ether oxygens (including phenoxy) is 2. The maximum Gasteiger partial charge on any atom is 0.229 e. The first kappa shape index (κ1) is 16.4. The fraction of sp³-hybridized carbons (Fsp3) is 0.579. The molecule has 1 aliphatic heterocycles. The second-order valence-corrected chi connectivity index (χ2v) is 6.90. The summed E-state index contributed by atoms with van der Waals surface area (Å²) >= 11 is 0. The van der Waals surface area contributed by atoms with Crippen LogP contribution in [0.1, 0.15) is 49.2 Å². The molecule has 1 aromatic heterocycles. The van der Waals surface area contributed by atoms with Gasteiger partial charge in [0.25, 0.3) is 0 Å². The number of likely N-dealkylation sites (tertiary alicyclic amines) is 1. The highest BCUT2D eigenvalue weighted by atomic mass is 16.5. The summed E-state index contributed by atoms with van der Waals surface area (Å²) < 4.78 is 16.6. The van der Waals surface area contributed by atoms with E-state index in [-0.39, 0.29) is 0 Å². The number of hydrogen-bond donors (Lipinski definition) is 0. The van der Waals surface area contributed by atoms with Gasteiger partial charge < -0.3 is 14.0 Å². The van der Waals surface area contributed by atoms with Crippen LogP contribution in [0, 0.1) is 0 Å². The van der Waals surface area contributed by atoms with Crippen molar-refractivity contribution in [3.63, 3.8) is 0 Å². The van der Waals surface area contributed by atoms with E-state index in [0.717, 1.165) is 55.7 Å². The van der Waals surface area contributed by atoms with Crippen LogP contribution in [0.4, 0.5) is 0 Å². The number of rotatable bonds is 7. The lowest BCUT2D eigenvalue weighted by atomic mass is 9.97. The van der Waals surface area contributed by atoms with Gasteiger partial charge in [-0.25, -0.2) is 0 Å². The van der Waals surface area contributed by atoms with E-state index in [1.165, 1.54) is 12.8 Å². The molecule has 2 aliphatic rings. The second kappa shape index (κ2) is 7.44. The first-order chi connectivity index (χ1) is 12.3. The van der Waals surface area contributed by atoms with Gasteiger partial charge in [-0.1, -0.05) is 17.3 Å². The summed E-state index contributed by atoms with van der Waals surface area (Å²) in [5.41, 5.74) is 0. The number of para-hydroxylation sites is 2. The molecular formula is C19H25N3O3. The zero-order chi connectivity index (χ0) is 17.1. The van der Waals surface area contributed by atoms with Crippen molar-refractivity contribution >= 4 is 0 Å². The number of aromatic nitrogens is 2.